The summed E-state index contributed by atoms with van der Waals surface area (Å²) in [5.41, 5.74) is 0.506. The summed E-state index contributed by atoms with van der Waals surface area (Å²) in [5.74, 6) is -0.739. The van der Waals surface area contributed by atoms with Gasteiger partial charge in [-0.2, -0.15) is 0 Å². The van der Waals surface area contributed by atoms with Gasteiger partial charge in [-0.15, -0.1) is 0 Å². The zero-order valence-corrected chi connectivity index (χ0v) is 8.76. The van der Waals surface area contributed by atoms with E-state index >= 15 is 0 Å². The molecule has 0 aromatic heterocycles. The number of ketones is 1. The minimum absolute atomic E-state index is 0.130. The largest absolute Gasteiger partial charge is 0.294 e. The van der Waals surface area contributed by atoms with E-state index in [2.05, 4.69) is 0 Å². The van der Waals surface area contributed by atoms with Gasteiger partial charge >= 0.3 is 0 Å². The van der Waals surface area contributed by atoms with Crippen LogP contribution in [0.1, 0.15) is 20.8 Å². The van der Waals surface area contributed by atoms with Gasteiger partial charge in [-0.3, -0.25) is 9.10 Å². The summed E-state index contributed by atoms with van der Waals surface area (Å²) in [6.45, 7) is 5.20. The van der Waals surface area contributed by atoms with E-state index in [0.717, 1.165) is 0 Å². The molecule has 74 valence electrons. The normalized spacial score (nSPS) is 22.0. The van der Waals surface area contributed by atoms with E-state index in [1.807, 2.05) is 0 Å². The van der Waals surface area contributed by atoms with E-state index in [1.165, 1.54) is 10.4 Å². The van der Waals surface area contributed by atoms with Crippen molar-refractivity contribution >= 4 is 15.8 Å². The first-order valence-electron chi connectivity index (χ1n) is 4.08. The van der Waals surface area contributed by atoms with E-state index < -0.39 is 15.8 Å². The molecule has 0 unspecified atom stereocenters. The maximum absolute atomic E-state index is 11.5. The Morgan fingerprint density at radius 1 is 1.46 bits per heavy atom. The lowest BCUT2D eigenvalue weighted by atomic mass is 10.3. The third-order valence-electron chi connectivity index (χ3n) is 1.81. The fourth-order valence-corrected chi connectivity index (χ4v) is 3.25. The van der Waals surface area contributed by atoms with Crippen LogP contribution in [0.5, 0.6) is 0 Å². The number of hydrogen-bond donors (Lipinski definition) is 0. The van der Waals surface area contributed by atoms with Crippen molar-refractivity contribution < 1.29 is 13.2 Å². The SMILES string of the molecule is CC1=CC(=O)CS(=O)(=O)N1C(C)C. The second-order valence-corrected chi connectivity index (χ2v) is 5.24. The molecule has 0 saturated heterocycles. The van der Waals surface area contributed by atoms with Gasteiger partial charge < -0.3 is 0 Å². The molecule has 0 fully saturated rings. The molecule has 0 aromatic rings. The van der Waals surface area contributed by atoms with Gasteiger partial charge in [0.05, 0.1) is 0 Å². The predicted octanol–water partition coefficient (Wildman–Crippen LogP) is 0.513. The molecular weight excluding hydrogens is 190 g/mol. The molecule has 5 heteroatoms. The van der Waals surface area contributed by atoms with E-state index in [9.17, 15) is 13.2 Å². The van der Waals surface area contributed by atoms with Gasteiger partial charge in [0, 0.05) is 17.8 Å². The highest BCUT2D eigenvalue weighted by Crippen LogP contribution is 2.19. The standard InChI is InChI=1S/C8H13NO3S/c1-6(2)9-7(3)4-8(10)5-13(9,11)12/h4,6H,5H2,1-3H3. The fourth-order valence-electron chi connectivity index (χ4n) is 1.54. The summed E-state index contributed by atoms with van der Waals surface area (Å²) in [6.07, 6.45) is 1.38. The summed E-state index contributed by atoms with van der Waals surface area (Å²) in [7, 11) is -3.41. The first kappa shape index (κ1) is 10.2. The summed E-state index contributed by atoms with van der Waals surface area (Å²) in [5, 5.41) is 0. The Morgan fingerprint density at radius 3 is 2.38 bits per heavy atom. The van der Waals surface area contributed by atoms with Crippen molar-refractivity contribution in [1.29, 1.82) is 0 Å². The van der Waals surface area contributed by atoms with Crippen LogP contribution in [0.25, 0.3) is 0 Å². The molecule has 0 amide bonds. The van der Waals surface area contributed by atoms with Gasteiger partial charge in [0.2, 0.25) is 10.0 Å². The van der Waals surface area contributed by atoms with Crippen LogP contribution in [0, 0.1) is 0 Å². The molecule has 0 bridgehead atoms. The number of carbonyl (C=O) groups excluding carboxylic acids is 1. The Kier molecular flexibility index (Phi) is 2.47. The van der Waals surface area contributed by atoms with E-state index in [4.69, 9.17) is 0 Å². The molecule has 0 radical (unpaired) electrons. The van der Waals surface area contributed by atoms with Crippen molar-refractivity contribution in [2.75, 3.05) is 5.75 Å². The van der Waals surface area contributed by atoms with Crippen molar-refractivity contribution in [2.45, 2.75) is 26.8 Å². The van der Waals surface area contributed by atoms with Crippen molar-refractivity contribution in [2.24, 2.45) is 0 Å². The van der Waals surface area contributed by atoms with Gasteiger partial charge in [-0.1, -0.05) is 0 Å². The fraction of sp³-hybridized carbons (Fsp3) is 0.625. The number of allylic oxidation sites excluding steroid dienone is 2. The van der Waals surface area contributed by atoms with Gasteiger partial charge in [0.15, 0.2) is 5.78 Å². The Labute approximate surface area is 78.3 Å². The highest BCUT2D eigenvalue weighted by molar-refractivity contribution is 7.90. The van der Waals surface area contributed by atoms with Crippen molar-refractivity contribution in [3.63, 3.8) is 0 Å². The Balaban J connectivity index is 3.19. The predicted molar refractivity (Wildman–Crippen MR) is 49.5 cm³/mol. The molecule has 0 aliphatic carbocycles. The summed E-state index contributed by atoms with van der Waals surface area (Å²) in [4.78, 5) is 11.0. The monoisotopic (exact) mass is 203 g/mol. The van der Waals surface area contributed by atoms with Crippen molar-refractivity contribution in [1.82, 2.24) is 4.31 Å². The lowest BCUT2D eigenvalue weighted by Gasteiger charge is -2.30. The van der Waals surface area contributed by atoms with Crippen molar-refractivity contribution in [3.05, 3.63) is 11.8 Å². The zero-order chi connectivity index (χ0) is 10.2. The summed E-state index contributed by atoms with van der Waals surface area (Å²) in [6, 6.07) is -0.130. The first-order valence-corrected chi connectivity index (χ1v) is 5.69. The van der Waals surface area contributed by atoms with Gasteiger partial charge in [-0.05, 0) is 20.8 Å². The van der Waals surface area contributed by atoms with Crippen LogP contribution in [0.2, 0.25) is 0 Å². The van der Waals surface area contributed by atoms with Gasteiger partial charge in [-0.25, -0.2) is 8.42 Å². The summed E-state index contributed by atoms with van der Waals surface area (Å²) >= 11 is 0. The lowest BCUT2D eigenvalue weighted by molar-refractivity contribution is -0.112. The second kappa shape index (κ2) is 3.14. The Bertz CT molecular complexity index is 354. The molecule has 1 aliphatic rings. The molecule has 13 heavy (non-hydrogen) atoms. The molecule has 1 heterocycles. The maximum atomic E-state index is 11.5. The van der Waals surface area contributed by atoms with Crippen LogP contribution in [0.4, 0.5) is 0 Å². The lowest BCUT2D eigenvalue weighted by Crippen LogP contribution is -2.41. The number of rotatable bonds is 1. The third kappa shape index (κ3) is 1.91. The quantitative estimate of drug-likeness (QED) is 0.624. The van der Waals surface area contributed by atoms with Crippen molar-refractivity contribution in [3.8, 4) is 0 Å². The average molecular weight is 203 g/mol. The molecule has 4 nitrogen and oxygen atoms in total. The summed E-state index contributed by atoms with van der Waals surface area (Å²) < 4.78 is 24.3. The van der Waals surface area contributed by atoms with Crippen LogP contribution in [-0.4, -0.2) is 30.3 Å². The minimum atomic E-state index is -3.41. The van der Waals surface area contributed by atoms with Crippen LogP contribution < -0.4 is 0 Å². The molecule has 0 spiro atoms. The minimum Gasteiger partial charge on any atom is -0.294 e. The molecule has 1 aliphatic heterocycles. The second-order valence-electron chi connectivity index (χ2n) is 3.40. The van der Waals surface area contributed by atoms with Gasteiger partial charge in [0.25, 0.3) is 0 Å². The van der Waals surface area contributed by atoms with Crippen LogP contribution in [-0.2, 0) is 14.8 Å². The smallest absolute Gasteiger partial charge is 0.242 e. The van der Waals surface area contributed by atoms with E-state index in [-0.39, 0.29) is 11.8 Å². The number of nitrogens with zero attached hydrogens (tertiary/aromatic N) is 1. The van der Waals surface area contributed by atoms with Crippen LogP contribution >= 0.6 is 0 Å². The van der Waals surface area contributed by atoms with Crippen LogP contribution in [0.15, 0.2) is 11.8 Å². The molecule has 1 rings (SSSR count). The Hall–Kier alpha value is -0.840. The molecular formula is C8H13NO3S. The molecule has 0 aromatic carbocycles. The first-order chi connectivity index (χ1) is 5.84. The third-order valence-corrected chi connectivity index (χ3v) is 3.77. The average Bonchev–Trinajstić information content (AvgIpc) is 1.78. The highest BCUT2D eigenvalue weighted by atomic mass is 32.2. The van der Waals surface area contributed by atoms with Crippen LogP contribution in [0.3, 0.4) is 0 Å². The maximum Gasteiger partial charge on any atom is 0.242 e. The Morgan fingerprint density at radius 2 is 2.00 bits per heavy atom. The molecule has 0 atom stereocenters. The zero-order valence-electron chi connectivity index (χ0n) is 7.94. The highest BCUT2D eigenvalue weighted by Gasteiger charge is 2.31. The van der Waals surface area contributed by atoms with E-state index in [0.29, 0.717) is 5.70 Å². The van der Waals surface area contributed by atoms with E-state index in [1.54, 1.807) is 20.8 Å². The molecule has 0 saturated carbocycles. The molecule has 0 N–H and O–H groups in total. The number of carbonyl (C=O) groups is 1. The van der Waals surface area contributed by atoms with Gasteiger partial charge in [0.1, 0.15) is 5.75 Å². The number of sulfonamides is 1. The number of hydrogen-bond acceptors (Lipinski definition) is 3. The topological polar surface area (TPSA) is 54.5 Å².